The Morgan fingerprint density at radius 1 is 1.48 bits per heavy atom. The summed E-state index contributed by atoms with van der Waals surface area (Å²) in [6.07, 6.45) is 0. The van der Waals surface area contributed by atoms with Gasteiger partial charge in [-0.25, -0.2) is 9.18 Å². The highest BCUT2D eigenvalue weighted by Crippen LogP contribution is 2.32. The summed E-state index contributed by atoms with van der Waals surface area (Å²) in [4.78, 5) is 25.9. The van der Waals surface area contributed by atoms with Crippen molar-refractivity contribution in [1.29, 1.82) is 0 Å². The van der Waals surface area contributed by atoms with E-state index in [9.17, 15) is 14.0 Å². The molecule has 112 valence electrons. The van der Waals surface area contributed by atoms with E-state index in [4.69, 9.17) is 4.74 Å². The zero-order valence-electron chi connectivity index (χ0n) is 11.4. The average molecular weight is 312 g/mol. The Morgan fingerprint density at radius 2 is 2.19 bits per heavy atom. The Hall–Kier alpha value is -2.31. The number of rotatable bonds is 6. The number of anilines is 1. The molecule has 0 fully saturated rings. The van der Waals surface area contributed by atoms with Gasteiger partial charge in [-0.05, 0) is 25.2 Å². The van der Waals surface area contributed by atoms with Gasteiger partial charge in [-0.2, -0.15) is 4.99 Å². The van der Waals surface area contributed by atoms with Gasteiger partial charge in [-0.3, -0.25) is 4.79 Å². The van der Waals surface area contributed by atoms with Crippen molar-refractivity contribution in [3.8, 4) is 5.75 Å². The van der Waals surface area contributed by atoms with Gasteiger partial charge in [0.15, 0.2) is 12.4 Å². The minimum absolute atomic E-state index is 0.0147. The maximum Gasteiger partial charge on any atom is 0.344 e. The first kappa shape index (κ1) is 16.7. The van der Waals surface area contributed by atoms with Gasteiger partial charge in [0.2, 0.25) is 5.91 Å². The minimum atomic E-state index is -0.722. The number of hydrogen-bond donors (Lipinski definition) is 1. The van der Waals surface area contributed by atoms with Crippen molar-refractivity contribution in [3.63, 3.8) is 0 Å². The van der Waals surface area contributed by atoms with E-state index in [0.29, 0.717) is 0 Å². The molecule has 1 rings (SSSR count). The summed E-state index contributed by atoms with van der Waals surface area (Å²) in [5, 5.41) is 4.48. The molecule has 1 aromatic rings. The van der Waals surface area contributed by atoms with Crippen LogP contribution in [0, 0.1) is 5.82 Å². The molecule has 6 nitrogen and oxygen atoms in total. The first-order chi connectivity index (χ1) is 9.97. The Labute approximate surface area is 126 Å². The fourth-order valence-corrected chi connectivity index (χ4v) is 1.52. The summed E-state index contributed by atoms with van der Waals surface area (Å²) >= 11 is 4.41. The van der Waals surface area contributed by atoms with Crippen molar-refractivity contribution < 1.29 is 23.5 Å². The Balaban J connectivity index is 3.04. The van der Waals surface area contributed by atoms with Gasteiger partial charge in [0.1, 0.15) is 11.4 Å². The first-order valence-electron chi connectivity index (χ1n) is 5.95. The third-order valence-electron chi connectivity index (χ3n) is 2.18. The number of amides is 1. The van der Waals surface area contributed by atoms with Crippen LogP contribution in [0.1, 0.15) is 13.8 Å². The minimum Gasteiger partial charge on any atom is -0.480 e. The molecule has 0 saturated carbocycles. The van der Waals surface area contributed by atoms with Crippen molar-refractivity contribution in [2.24, 2.45) is 4.99 Å². The molecule has 0 heterocycles. The first-order valence-corrected chi connectivity index (χ1v) is 6.36. The molecule has 1 aromatic carbocycles. The highest BCUT2D eigenvalue weighted by Gasteiger charge is 2.13. The molecule has 0 aliphatic heterocycles. The number of carbonyl (C=O) groups is 2. The lowest BCUT2D eigenvalue weighted by atomic mass is 10.2. The normalized spacial score (nSPS) is 9.48. The van der Waals surface area contributed by atoms with Gasteiger partial charge in [-0.15, -0.1) is 0 Å². The van der Waals surface area contributed by atoms with Crippen molar-refractivity contribution in [2.45, 2.75) is 13.8 Å². The highest BCUT2D eigenvalue weighted by atomic mass is 32.1. The van der Waals surface area contributed by atoms with Crippen LogP contribution in [0.3, 0.4) is 0 Å². The summed E-state index contributed by atoms with van der Waals surface area (Å²) < 4.78 is 23.6. The van der Waals surface area contributed by atoms with Crippen LogP contribution in [0.5, 0.6) is 5.75 Å². The third-order valence-corrected chi connectivity index (χ3v) is 2.27. The molecular weight excluding hydrogens is 299 g/mol. The quantitative estimate of drug-likeness (QED) is 0.496. The average Bonchev–Trinajstić information content (AvgIpc) is 2.40. The fraction of sp³-hybridized carbons (Fsp3) is 0.308. The van der Waals surface area contributed by atoms with E-state index < -0.39 is 18.4 Å². The zero-order chi connectivity index (χ0) is 15.8. The molecule has 0 atom stereocenters. The van der Waals surface area contributed by atoms with E-state index in [1.165, 1.54) is 13.0 Å². The van der Waals surface area contributed by atoms with Gasteiger partial charge in [0.05, 0.1) is 17.5 Å². The number of nitrogens with one attached hydrogen (secondary N) is 1. The van der Waals surface area contributed by atoms with Gasteiger partial charge >= 0.3 is 5.97 Å². The van der Waals surface area contributed by atoms with E-state index in [2.05, 4.69) is 27.3 Å². The van der Waals surface area contributed by atoms with Gasteiger partial charge < -0.3 is 14.8 Å². The molecule has 0 aliphatic rings. The number of carbonyl (C=O) groups excluding carboxylic acids is 2. The van der Waals surface area contributed by atoms with Crippen molar-refractivity contribution >= 4 is 40.6 Å². The summed E-state index contributed by atoms with van der Waals surface area (Å²) in [6.45, 7) is 2.73. The number of nitrogens with zero attached hydrogens (tertiary/aromatic N) is 1. The molecule has 8 heteroatoms. The van der Waals surface area contributed by atoms with Crippen molar-refractivity contribution in [1.82, 2.24) is 0 Å². The van der Waals surface area contributed by atoms with E-state index in [-0.39, 0.29) is 29.6 Å². The maximum atomic E-state index is 13.7. The number of esters is 1. The molecule has 0 radical (unpaired) electrons. The summed E-state index contributed by atoms with van der Waals surface area (Å²) in [6, 6.07) is 2.23. The van der Waals surface area contributed by atoms with Crippen LogP contribution in [0.25, 0.3) is 0 Å². The molecule has 0 aromatic heterocycles. The van der Waals surface area contributed by atoms with Crippen molar-refractivity contribution in [3.05, 3.63) is 17.9 Å². The third kappa shape index (κ3) is 5.29. The lowest BCUT2D eigenvalue weighted by Gasteiger charge is -2.12. The van der Waals surface area contributed by atoms with Gasteiger partial charge in [0, 0.05) is 13.0 Å². The number of benzene rings is 1. The van der Waals surface area contributed by atoms with Crippen LogP contribution in [0.15, 0.2) is 17.1 Å². The second-order valence-electron chi connectivity index (χ2n) is 3.78. The van der Waals surface area contributed by atoms with Gasteiger partial charge in [-0.1, -0.05) is 0 Å². The van der Waals surface area contributed by atoms with Crippen LogP contribution in [-0.2, 0) is 14.3 Å². The fourth-order valence-electron chi connectivity index (χ4n) is 1.42. The number of hydrogen-bond acceptors (Lipinski definition) is 6. The van der Waals surface area contributed by atoms with Crippen LogP contribution in [0.4, 0.5) is 15.8 Å². The second kappa shape index (κ2) is 8.08. The highest BCUT2D eigenvalue weighted by molar-refractivity contribution is 7.78. The molecule has 0 bridgehead atoms. The molecule has 21 heavy (non-hydrogen) atoms. The molecule has 0 unspecified atom stereocenters. The van der Waals surface area contributed by atoms with E-state index in [0.717, 1.165) is 6.07 Å². The number of aliphatic imine (C=N–C) groups is 1. The summed E-state index contributed by atoms with van der Waals surface area (Å²) in [5.74, 6) is -1.73. The number of halogens is 1. The predicted molar refractivity (Wildman–Crippen MR) is 77.5 cm³/mol. The van der Waals surface area contributed by atoms with Crippen LogP contribution < -0.4 is 10.1 Å². The summed E-state index contributed by atoms with van der Waals surface area (Å²) in [7, 11) is 0. The zero-order valence-corrected chi connectivity index (χ0v) is 12.3. The van der Waals surface area contributed by atoms with Gasteiger partial charge in [0.25, 0.3) is 0 Å². The smallest absolute Gasteiger partial charge is 0.344 e. The Kier molecular flexibility index (Phi) is 6.45. The lowest BCUT2D eigenvalue weighted by molar-refractivity contribution is -0.145. The van der Waals surface area contributed by atoms with Crippen LogP contribution in [0.2, 0.25) is 0 Å². The van der Waals surface area contributed by atoms with Crippen LogP contribution >= 0.6 is 12.2 Å². The standard InChI is InChI=1S/C13H13FN2O4S/c1-3-19-13(18)6-20-12-4-9(14)10(15-7-21)5-11(12)16-8(2)17/h4-5H,3,6H2,1-2H3,(H,16,17). The molecule has 0 saturated heterocycles. The van der Waals surface area contributed by atoms with E-state index in [1.807, 2.05) is 5.16 Å². The Morgan fingerprint density at radius 3 is 2.76 bits per heavy atom. The maximum absolute atomic E-state index is 13.7. The van der Waals surface area contributed by atoms with E-state index in [1.54, 1.807) is 6.92 Å². The number of ether oxygens (including phenoxy) is 2. The SMILES string of the molecule is CCOC(=O)COc1cc(F)c(N=C=S)cc1NC(C)=O. The topological polar surface area (TPSA) is 77.0 Å². The van der Waals surface area contributed by atoms with Crippen LogP contribution in [-0.4, -0.2) is 30.3 Å². The predicted octanol–water partition coefficient (Wildman–Crippen LogP) is 2.46. The molecule has 1 amide bonds. The van der Waals surface area contributed by atoms with Crippen molar-refractivity contribution in [2.75, 3.05) is 18.5 Å². The lowest BCUT2D eigenvalue weighted by Crippen LogP contribution is -2.16. The molecule has 0 aliphatic carbocycles. The van der Waals surface area contributed by atoms with E-state index >= 15 is 0 Å². The number of thiocarbonyl (C=S) groups is 1. The Bertz CT molecular complexity index is 600. The molecule has 1 N–H and O–H groups in total. The summed E-state index contributed by atoms with van der Waals surface area (Å²) in [5.41, 5.74) is 0.0643. The molecular formula is C13H13FN2O4S. The second-order valence-corrected chi connectivity index (χ2v) is 3.96. The number of isothiocyanates is 1. The monoisotopic (exact) mass is 312 g/mol. The molecule has 0 spiro atoms. The largest absolute Gasteiger partial charge is 0.480 e.